The lowest BCUT2D eigenvalue weighted by Crippen LogP contribution is -2.23. The lowest BCUT2D eigenvalue weighted by atomic mass is 10.1. The second kappa shape index (κ2) is 8.78. The quantitative estimate of drug-likeness (QED) is 0.885. The molecule has 0 aliphatic heterocycles. The molecular weight excluding hydrogens is 312 g/mol. The topological polar surface area (TPSA) is 66.9 Å². The molecule has 1 heterocycles. The summed E-state index contributed by atoms with van der Waals surface area (Å²) in [5, 5.41) is 6.28. The van der Waals surface area contributed by atoms with Gasteiger partial charge in [-0.2, -0.15) is 0 Å². The summed E-state index contributed by atoms with van der Waals surface area (Å²) in [6.45, 7) is 0. The average molecular weight is 334 g/mol. The van der Waals surface area contributed by atoms with Crippen LogP contribution in [0.25, 0.3) is 0 Å². The molecule has 0 unspecified atom stereocenters. The highest BCUT2D eigenvalue weighted by atomic mass is 16.1. The van der Waals surface area contributed by atoms with Gasteiger partial charge in [-0.05, 0) is 50.0 Å². The fourth-order valence-electron chi connectivity index (χ4n) is 2.70. The molecule has 3 rings (SSSR count). The number of hydrogen-bond donors (Lipinski definition) is 2. The van der Waals surface area contributed by atoms with E-state index in [9.17, 15) is 4.79 Å². The number of hydrogen-bond acceptors (Lipinski definition) is 4. The maximum Gasteiger partial charge on any atom is 0.255 e. The first-order valence-corrected chi connectivity index (χ1v) is 8.62. The molecule has 2 aromatic rings. The van der Waals surface area contributed by atoms with Gasteiger partial charge in [0.15, 0.2) is 0 Å². The fraction of sp³-hybridized carbons (Fsp3) is 0.250. The highest BCUT2D eigenvalue weighted by molar-refractivity contribution is 5.95. The van der Waals surface area contributed by atoms with Crippen LogP contribution in [0.5, 0.6) is 0 Å². The maximum absolute atomic E-state index is 12.4. The van der Waals surface area contributed by atoms with Crippen LogP contribution in [0.2, 0.25) is 0 Å². The number of aromatic nitrogens is 2. The highest BCUT2D eigenvalue weighted by Crippen LogP contribution is 2.17. The molecule has 1 aliphatic carbocycles. The van der Waals surface area contributed by atoms with E-state index in [4.69, 9.17) is 0 Å². The van der Waals surface area contributed by atoms with Crippen LogP contribution < -0.4 is 10.6 Å². The van der Waals surface area contributed by atoms with E-state index in [1.807, 2.05) is 36.4 Å². The van der Waals surface area contributed by atoms with Crippen molar-refractivity contribution in [3.05, 3.63) is 77.9 Å². The summed E-state index contributed by atoms with van der Waals surface area (Å²) in [6.07, 6.45) is 12.7. The minimum atomic E-state index is -0.0820. The molecule has 1 aromatic heterocycles. The van der Waals surface area contributed by atoms with Crippen LogP contribution in [0.4, 0.5) is 5.95 Å². The largest absolute Gasteiger partial charge is 0.326 e. The highest BCUT2D eigenvalue weighted by Gasteiger charge is 2.10. The standard InChI is InChI=1S/C20H22N4O/c25-19(16-9-4-3-5-10-16)23-17-11-6-1-2-7-12-18(15-17)24-20-21-13-8-14-22-20/h3-5,8-10,12-15H,1-2,6-7,11H2,(H,23,25)(H,21,22,24)/b17-15+,18-12+. The summed E-state index contributed by atoms with van der Waals surface area (Å²) in [6, 6.07) is 11.1. The second-order valence-corrected chi connectivity index (χ2v) is 5.95. The van der Waals surface area contributed by atoms with Crippen molar-refractivity contribution in [2.24, 2.45) is 0 Å². The maximum atomic E-state index is 12.4. The lowest BCUT2D eigenvalue weighted by Gasteiger charge is -2.11. The number of allylic oxidation sites excluding steroid dienone is 3. The third-order valence-electron chi connectivity index (χ3n) is 3.98. The molecule has 0 spiro atoms. The SMILES string of the molecule is O=C(N/C1=C/C(Nc2ncccn2)=C\CCCCC1)c1ccccc1. The van der Waals surface area contributed by atoms with E-state index in [-0.39, 0.29) is 5.91 Å². The van der Waals surface area contributed by atoms with Crippen LogP contribution in [0.1, 0.15) is 42.5 Å². The van der Waals surface area contributed by atoms with Crippen molar-refractivity contribution >= 4 is 11.9 Å². The average Bonchev–Trinajstić information content (AvgIpc) is 2.75. The van der Waals surface area contributed by atoms with Gasteiger partial charge in [0.05, 0.1) is 0 Å². The number of carbonyl (C=O) groups excluding carboxylic acids is 1. The number of amides is 1. The van der Waals surface area contributed by atoms with Gasteiger partial charge in [-0.25, -0.2) is 9.97 Å². The zero-order valence-electron chi connectivity index (χ0n) is 14.1. The number of rotatable bonds is 4. The van der Waals surface area contributed by atoms with Crippen molar-refractivity contribution in [2.75, 3.05) is 5.32 Å². The van der Waals surface area contributed by atoms with E-state index in [1.165, 1.54) is 0 Å². The molecular formula is C20H22N4O. The van der Waals surface area contributed by atoms with Crippen molar-refractivity contribution in [2.45, 2.75) is 32.1 Å². The molecule has 2 N–H and O–H groups in total. The van der Waals surface area contributed by atoms with Crippen LogP contribution in [0, 0.1) is 0 Å². The van der Waals surface area contributed by atoms with Crippen LogP contribution in [0.3, 0.4) is 0 Å². The number of carbonyl (C=O) groups is 1. The Kier molecular flexibility index (Phi) is 5.93. The van der Waals surface area contributed by atoms with Crippen LogP contribution >= 0.6 is 0 Å². The first-order chi connectivity index (χ1) is 12.3. The predicted molar refractivity (Wildman–Crippen MR) is 98.8 cm³/mol. The predicted octanol–water partition coefficient (Wildman–Crippen LogP) is 4.05. The summed E-state index contributed by atoms with van der Waals surface area (Å²) >= 11 is 0. The van der Waals surface area contributed by atoms with E-state index >= 15 is 0 Å². The molecule has 25 heavy (non-hydrogen) atoms. The zero-order valence-corrected chi connectivity index (χ0v) is 14.1. The molecule has 0 bridgehead atoms. The lowest BCUT2D eigenvalue weighted by molar-refractivity contribution is 0.0964. The number of anilines is 1. The monoisotopic (exact) mass is 334 g/mol. The Balaban J connectivity index is 1.77. The molecule has 128 valence electrons. The van der Waals surface area contributed by atoms with Gasteiger partial charge < -0.3 is 10.6 Å². The van der Waals surface area contributed by atoms with Crippen molar-refractivity contribution in [1.29, 1.82) is 0 Å². The Morgan fingerprint density at radius 3 is 2.56 bits per heavy atom. The van der Waals surface area contributed by atoms with Gasteiger partial charge in [0.1, 0.15) is 0 Å². The van der Waals surface area contributed by atoms with Crippen LogP contribution in [-0.2, 0) is 0 Å². The molecule has 1 amide bonds. The summed E-state index contributed by atoms with van der Waals surface area (Å²) in [7, 11) is 0. The molecule has 0 radical (unpaired) electrons. The van der Waals surface area contributed by atoms with Crippen molar-refractivity contribution < 1.29 is 4.79 Å². The Bertz CT molecular complexity index is 754. The summed E-state index contributed by atoms with van der Waals surface area (Å²) in [5.74, 6) is 0.472. The molecule has 1 aliphatic rings. The van der Waals surface area contributed by atoms with Crippen LogP contribution in [-0.4, -0.2) is 15.9 Å². The first-order valence-electron chi connectivity index (χ1n) is 8.62. The van der Waals surface area contributed by atoms with E-state index < -0.39 is 0 Å². The van der Waals surface area contributed by atoms with Crippen LogP contribution in [0.15, 0.2) is 72.3 Å². The third kappa shape index (κ3) is 5.28. The van der Waals surface area contributed by atoms with Gasteiger partial charge in [0.25, 0.3) is 5.91 Å². The number of nitrogens with zero attached hydrogens (tertiary/aromatic N) is 2. The first kappa shape index (κ1) is 16.9. The van der Waals surface area contributed by atoms with E-state index in [0.717, 1.165) is 43.5 Å². The van der Waals surface area contributed by atoms with E-state index in [2.05, 4.69) is 26.7 Å². The summed E-state index contributed by atoms with van der Waals surface area (Å²) in [4.78, 5) is 20.9. The Labute approximate surface area is 147 Å². The normalized spacial score (nSPS) is 19.2. The summed E-state index contributed by atoms with van der Waals surface area (Å²) < 4.78 is 0. The fourth-order valence-corrected chi connectivity index (χ4v) is 2.70. The number of benzene rings is 1. The van der Waals surface area contributed by atoms with Crippen molar-refractivity contribution in [1.82, 2.24) is 15.3 Å². The van der Waals surface area contributed by atoms with Gasteiger partial charge in [0, 0.05) is 29.4 Å². The van der Waals surface area contributed by atoms with Crippen molar-refractivity contribution in [3.8, 4) is 0 Å². The molecule has 0 atom stereocenters. The minimum Gasteiger partial charge on any atom is -0.326 e. The Morgan fingerprint density at radius 2 is 1.76 bits per heavy atom. The molecule has 0 saturated carbocycles. The Hall–Kier alpha value is -2.95. The molecule has 0 saturated heterocycles. The molecule has 5 nitrogen and oxygen atoms in total. The van der Waals surface area contributed by atoms with Gasteiger partial charge in [-0.15, -0.1) is 0 Å². The van der Waals surface area contributed by atoms with E-state index in [1.54, 1.807) is 18.5 Å². The third-order valence-corrected chi connectivity index (χ3v) is 3.98. The van der Waals surface area contributed by atoms with Gasteiger partial charge >= 0.3 is 0 Å². The second-order valence-electron chi connectivity index (χ2n) is 5.95. The minimum absolute atomic E-state index is 0.0820. The van der Waals surface area contributed by atoms with Crippen molar-refractivity contribution in [3.63, 3.8) is 0 Å². The molecule has 5 heteroatoms. The van der Waals surface area contributed by atoms with Gasteiger partial charge in [-0.3, -0.25) is 4.79 Å². The molecule has 0 fully saturated rings. The van der Waals surface area contributed by atoms with Gasteiger partial charge in [-0.1, -0.05) is 30.7 Å². The Morgan fingerprint density at radius 1 is 0.960 bits per heavy atom. The zero-order chi connectivity index (χ0) is 17.3. The van der Waals surface area contributed by atoms with Gasteiger partial charge in [0.2, 0.25) is 5.95 Å². The van der Waals surface area contributed by atoms with E-state index in [0.29, 0.717) is 11.5 Å². The summed E-state index contributed by atoms with van der Waals surface area (Å²) in [5.41, 5.74) is 2.48. The number of nitrogens with one attached hydrogen (secondary N) is 2. The molecule has 1 aromatic carbocycles. The smallest absolute Gasteiger partial charge is 0.255 e.